The maximum Gasteiger partial charge on any atom is 0.217 e. The molecule has 0 aromatic carbocycles. The maximum atomic E-state index is 12.9. The minimum Gasteiger partial charge on any atom is -0.391 e. The fraction of sp³-hybridized carbons (Fsp3) is 0.375. The van der Waals surface area contributed by atoms with Crippen molar-refractivity contribution >= 4 is 0 Å². The van der Waals surface area contributed by atoms with Gasteiger partial charge in [-0.3, -0.25) is 0 Å². The first-order chi connectivity index (χ1) is 5.63. The second-order valence-corrected chi connectivity index (χ2v) is 2.65. The van der Waals surface area contributed by atoms with E-state index in [4.69, 9.17) is 10.8 Å². The number of rotatable bonds is 2. The van der Waals surface area contributed by atoms with E-state index >= 15 is 0 Å². The van der Waals surface area contributed by atoms with Gasteiger partial charge in [0.1, 0.15) is 0 Å². The number of halogens is 1. The van der Waals surface area contributed by atoms with Crippen LogP contribution in [-0.2, 0) is 0 Å². The molecular weight excluding hydrogens is 159 g/mol. The minimum atomic E-state index is -0.774. The number of hydrogen-bond acceptors (Lipinski definition) is 3. The highest BCUT2D eigenvalue weighted by molar-refractivity contribution is 5.16. The minimum absolute atomic E-state index is 0.243. The van der Waals surface area contributed by atoms with Crippen molar-refractivity contribution in [1.29, 1.82) is 0 Å². The molecule has 66 valence electrons. The lowest BCUT2D eigenvalue weighted by Gasteiger charge is -2.14. The smallest absolute Gasteiger partial charge is 0.217 e. The van der Waals surface area contributed by atoms with E-state index in [9.17, 15) is 4.39 Å². The molecule has 0 aliphatic heterocycles. The Morgan fingerprint density at radius 2 is 2.33 bits per heavy atom. The van der Waals surface area contributed by atoms with Crippen LogP contribution in [0.25, 0.3) is 0 Å². The van der Waals surface area contributed by atoms with Crippen molar-refractivity contribution in [1.82, 2.24) is 4.98 Å². The van der Waals surface area contributed by atoms with Gasteiger partial charge in [-0.2, -0.15) is 4.39 Å². The van der Waals surface area contributed by atoms with E-state index in [0.717, 1.165) is 0 Å². The van der Waals surface area contributed by atoms with Gasteiger partial charge >= 0.3 is 0 Å². The molecule has 0 radical (unpaired) electrons. The topological polar surface area (TPSA) is 59.1 Å². The number of aliphatic hydroxyl groups excluding tert-OH is 1. The van der Waals surface area contributed by atoms with Gasteiger partial charge in [0.15, 0.2) is 0 Å². The average molecular weight is 170 g/mol. The van der Waals surface area contributed by atoms with Gasteiger partial charge in [-0.25, -0.2) is 4.98 Å². The van der Waals surface area contributed by atoms with E-state index in [0.29, 0.717) is 0 Å². The highest BCUT2D eigenvalue weighted by Gasteiger charge is 2.15. The summed E-state index contributed by atoms with van der Waals surface area (Å²) in [4.78, 5) is 3.42. The normalized spacial score (nSPS) is 15.7. The summed E-state index contributed by atoms with van der Waals surface area (Å²) in [5, 5.41) is 9.08. The summed E-state index contributed by atoms with van der Waals surface area (Å²) in [5.74, 6) is -0.620. The van der Waals surface area contributed by atoms with Crippen LogP contribution in [-0.4, -0.2) is 16.2 Å². The number of pyridine rings is 1. The van der Waals surface area contributed by atoms with Crippen molar-refractivity contribution in [3.05, 3.63) is 29.8 Å². The van der Waals surface area contributed by atoms with E-state index < -0.39 is 18.1 Å². The van der Waals surface area contributed by atoms with Crippen molar-refractivity contribution in [3.8, 4) is 0 Å². The van der Waals surface area contributed by atoms with Crippen LogP contribution in [0.1, 0.15) is 18.5 Å². The van der Waals surface area contributed by atoms with Crippen LogP contribution in [0.15, 0.2) is 18.3 Å². The second kappa shape index (κ2) is 3.60. The van der Waals surface area contributed by atoms with Crippen molar-refractivity contribution in [3.63, 3.8) is 0 Å². The molecule has 12 heavy (non-hydrogen) atoms. The predicted molar refractivity (Wildman–Crippen MR) is 42.8 cm³/mol. The fourth-order valence-corrected chi connectivity index (χ4v) is 0.907. The maximum absolute atomic E-state index is 12.9. The first-order valence-corrected chi connectivity index (χ1v) is 3.67. The largest absolute Gasteiger partial charge is 0.391 e. The molecule has 1 aromatic rings. The quantitative estimate of drug-likeness (QED) is 0.639. The standard InChI is InChI=1S/C8H11FN2O/c1-5(12)7(10)6-3-2-4-11-8(6)9/h2-5,7,12H,10H2,1H3/t5-,7+/m0/s1. The molecule has 0 amide bonds. The van der Waals surface area contributed by atoms with Crippen molar-refractivity contribution < 1.29 is 9.50 Å². The molecule has 1 rings (SSSR count). The van der Waals surface area contributed by atoms with Crippen molar-refractivity contribution in [2.75, 3.05) is 0 Å². The number of aliphatic hydroxyl groups is 1. The van der Waals surface area contributed by atoms with Gasteiger partial charge in [0, 0.05) is 11.8 Å². The summed E-state index contributed by atoms with van der Waals surface area (Å²) in [7, 11) is 0. The van der Waals surface area contributed by atoms with Crippen LogP contribution in [0, 0.1) is 5.95 Å². The summed E-state index contributed by atoms with van der Waals surface area (Å²) < 4.78 is 12.9. The number of nitrogens with two attached hydrogens (primary N) is 1. The first-order valence-electron chi connectivity index (χ1n) is 3.67. The zero-order chi connectivity index (χ0) is 9.14. The Kier molecular flexibility index (Phi) is 2.73. The van der Waals surface area contributed by atoms with Gasteiger partial charge in [-0.05, 0) is 13.0 Å². The molecule has 3 nitrogen and oxygen atoms in total. The molecule has 0 bridgehead atoms. The molecule has 0 fully saturated rings. The van der Waals surface area contributed by atoms with Gasteiger partial charge in [-0.1, -0.05) is 6.07 Å². The summed E-state index contributed by atoms with van der Waals surface area (Å²) in [6, 6.07) is 2.39. The Hall–Kier alpha value is -1.00. The Morgan fingerprint density at radius 3 is 2.83 bits per heavy atom. The predicted octanol–water partition coefficient (Wildman–Crippen LogP) is 0.601. The SMILES string of the molecule is C[C@H](O)[C@@H](N)c1cccnc1F. The summed E-state index contributed by atoms with van der Waals surface area (Å²) in [6.07, 6.45) is 0.567. The third kappa shape index (κ3) is 1.78. The molecule has 1 heterocycles. The lowest BCUT2D eigenvalue weighted by molar-refractivity contribution is 0.162. The van der Waals surface area contributed by atoms with Gasteiger partial charge in [0.05, 0.1) is 12.1 Å². The number of aromatic nitrogens is 1. The van der Waals surface area contributed by atoms with Crippen LogP contribution in [0.5, 0.6) is 0 Å². The Bertz CT molecular complexity index is 265. The van der Waals surface area contributed by atoms with Gasteiger partial charge in [-0.15, -0.1) is 0 Å². The second-order valence-electron chi connectivity index (χ2n) is 2.65. The molecule has 3 N–H and O–H groups in total. The van der Waals surface area contributed by atoms with Crippen LogP contribution in [0.2, 0.25) is 0 Å². The van der Waals surface area contributed by atoms with E-state index in [-0.39, 0.29) is 5.56 Å². The molecule has 0 spiro atoms. The van der Waals surface area contributed by atoms with Crippen LogP contribution >= 0.6 is 0 Å². The van der Waals surface area contributed by atoms with Crippen molar-refractivity contribution in [2.24, 2.45) is 5.73 Å². The lowest BCUT2D eigenvalue weighted by Crippen LogP contribution is -2.24. The Balaban J connectivity index is 2.94. The van der Waals surface area contributed by atoms with Gasteiger partial charge < -0.3 is 10.8 Å². The molecule has 0 aliphatic carbocycles. The summed E-state index contributed by atoms with van der Waals surface area (Å²) in [6.45, 7) is 1.51. The molecule has 4 heteroatoms. The van der Waals surface area contributed by atoms with Crippen molar-refractivity contribution in [2.45, 2.75) is 19.1 Å². The third-order valence-corrected chi connectivity index (χ3v) is 1.67. The highest BCUT2D eigenvalue weighted by atomic mass is 19.1. The van der Waals surface area contributed by atoms with Crippen LogP contribution in [0.4, 0.5) is 4.39 Å². The zero-order valence-corrected chi connectivity index (χ0v) is 6.74. The molecule has 0 aliphatic rings. The van der Waals surface area contributed by atoms with Crippen LogP contribution < -0.4 is 5.73 Å². The third-order valence-electron chi connectivity index (χ3n) is 1.67. The molecular formula is C8H11FN2O. The average Bonchev–Trinajstić information content (AvgIpc) is 2.04. The van der Waals surface area contributed by atoms with Gasteiger partial charge in [0.2, 0.25) is 5.95 Å². The zero-order valence-electron chi connectivity index (χ0n) is 6.74. The summed E-state index contributed by atoms with van der Waals surface area (Å²) in [5.41, 5.74) is 5.75. The molecule has 0 saturated heterocycles. The summed E-state index contributed by atoms with van der Waals surface area (Å²) >= 11 is 0. The van der Waals surface area contributed by atoms with Crippen LogP contribution in [0.3, 0.4) is 0 Å². The molecule has 0 unspecified atom stereocenters. The molecule has 2 atom stereocenters. The highest BCUT2D eigenvalue weighted by Crippen LogP contribution is 2.15. The number of hydrogen-bond donors (Lipinski definition) is 2. The Morgan fingerprint density at radius 1 is 1.67 bits per heavy atom. The van der Waals surface area contributed by atoms with E-state index in [2.05, 4.69) is 4.98 Å². The first kappa shape index (κ1) is 9.09. The Labute approximate surface area is 70.0 Å². The van der Waals surface area contributed by atoms with E-state index in [1.807, 2.05) is 0 Å². The monoisotopic (exact) mass is 170 g/mol. The van der Waals surface area contributed by atoms with E-state index in [1.165, 1.54) is 19.2 Å². The van der Waals surface area contributed by atoms with Gasteiger partial charge in [0.25, 0.3) is 0 Å². The number of nitrogens with zero attached hydrogens (tertiary/aromatic N) is 1. The molecule has 0 saturated carbocycles. The lowest BCUT2D eigenvalue weighted by atomic mass is 10.1. The van der Waals surface area contributed by atoms with E-state index in [1.54, 1.807) is 6.07 Å². The fourth-order valence-electron chi connectivity index (χ4n) is 0.907. The molecule has 1 aromatic heterocycles.